The summed E-state index contributed by atoms with van der Waals surface area (Å²) in [6.45, 7) is 1.70. The van der Waals surface area contributed by atoms with Gasteiger partial charge in [0, 0.05) is 9.13 Å². The minimum Gasteiger partial charge on any atom is -0.496 e. The fourth-order valence-corrected chi connectivity index (χ4v) is 1.39. The zero-order valence-corrected chi connectivity index (χ0v) is 8.48. The zero-order valence-electron chi connectivity index (χ0n) is 6.32. The van der Waals surface area contributed by atoms with Crippen molar-refractivity contribution in [1.29, 1.82) is 0 Å². The Labute approximate surface area is 78.7 Å². The highest BCUT2D eigenvalue weighted by molar-refractivity contribution is 14.1. The monoisotopic (exact) mass is 266 g/mol. The molecule has 0 N–H and O–H groups in total. The number of benzene rings is 1. The average molecular weight is 266 g/mol. The van der Waals surface area contributed by atoms with Crippen LogP contribution in [0.2, 0.25) is 0 Å². The van der Waals surface area contributed by atoms with Crippen LogP contribution in [-0.2, 0) is 0 Å². The first-order valence-electron chi connectivity index (χ1n) is 3.15. The van der Waals surface area contributed by atoms with E-state index in [2.05, 4.69) is 22.6 Å². The maximum absolute atomic E-state index is 12.9. The third-order valence-corrected chi connectivity index (χ3v) is 2.10. The summed E-state index contributed by atoms with van der Waals surface area (Å²) in [7, 11) is 1.54. The summed E-state index contributed by atoms with van der Waals surface area (Å²) in [5.41, 5.74) is 0.563. The van der Waals surface area contributed by atoms with E-state index in [0.717, 1.165) is 3.57 Å². The Kier molecular flexibility index (Phi) is 2.70. The Morgan fingerprint density at radius 3 is 2.64 bits per heavy atom. The molecule has 0 heterocycles. The van der Waals surface area contributed by atoms with Crippen molar-refractivity contribution >= 4 is 22.6 Å². The number of halogens is 2. The summed E-state index contributed by atoms with van der Waals surface area (Å²) in [4.78, 5) is 0. The molecule has 0 radical (unpaired) electrons. The Morgan fingerprint density at radius 2 is 2.09 bits per heavy atom. The van der Waals surface area contributed by atoms with Gasteiger partial charge >= 0.3 is 0 Å². The number of rotatable bonds is 1. The number of methoxy groups -OCH3 is 1. The second kappa shape index (κ2) is 3.38. The quantitative estimate of drug-likeness (QED) is 0.710. The lowest BCUT2D eigenvalue weighted by Crippen LogP contribution is -1.91. The third kappa shape index (κ3) is 1.83. The number of ether oxygens (including phenoxy) is 1. The largest absolute Gasteiger partial charge is 0.496 e. The van der Waals surface area contributed by atoms with E-state index in [4.69, 9.17) is 4.74 Å². The van der Waals surface area contributed by atoms with Crippen molar-refractivity contribution in [3.8, 4) is 5.75 Å². The van der Waals surface area contributed by atoms with Gasteiger partial charge in [-0.2, -0.15) is 0 Å². The van der Waals surface area contributed by atoms with Crippen LogP contribution >= 0.6 is 22.6 Å². The fourth-order valence-electron chi connectivity index (χ4n) is 0.834. The van der Waals surface area contributed by atoms with E-state index in [-0.39, 0.29) is 5.82 Å². The lowest BCUT2D eigenvalue weighted by Gasteiger charge is -2.05. The van der Waals surface area contributed by atoms with Crippen LogP contribution in [0.4, 0.5) is 4.39 Å². The van der Waals surface area contributed by atoms with E-state index in [0.29, 0.717) is 11.3 Å². The van der Waals surface area contributed by atoms with E-state index in [9.17, 15) is 4.39 Å². The molecule has 0 spiro atoms. The van der Waals surface area contributed by atoms with E-state index < -0.39 is 0 Å². The van der Waals surface area contributed by atoms with Crippen molar-refractivity contribution in [3.05, 3.63) is 27.1 Å². The molecule has 1 nitrogen and oxygen atoms in total. The topological polar surface area (TPSA) is 9.23 Å². The average Bonchev–Trinajstić information content (AvgIpc) is 1.96. The summed E-state index contributed by atoms with van der Waals surface area (Å²) in [5.74, 6) is 0.392. The summed E-state index contributed by atoms with van der Waals surface area (Å²) in [6.07, 6.45) is 0. The van der Waals surface area contributed by atoms with Crippen LogP contribution in [0.5, 0.6) is 5.75 Å². The number of hydrogen-bond donors (Lipinski definition) is 0. The van der Waals surface area contributed by atoms with Gasteiger partial charge in [0.05, 0.1) is 7.11 Å². The second-order valence-electron chi connectivity index (χ2n) is 2.21. The molecule has 0 aliphatic rings. The van der Waals surface area contributed by atoms with E-state index in [1.54, 1.807) is 13.0 Å². The summed E-state index contributed by atoms with van der Waals surface area (Å²) in [6, 6.07) is 3.29. The Hall–Kier alpha value is -0.320. The fraction of sp³-hybridized carbons (Fsp3) is 0.250. The van der Waals surface area contributed by atoms with Gasteiger partial charge in [-0.3, -0.25) is 0 Å². The molecule has 0 aliphatic carbocycles. The molecule has 0 atom stereocenters. The highest BCUT2D eigenvalue weighted by Crippen LogP contribution is 2.23. The predicted molar refractivity (Wildman–Crippen MR) is 50.4 cm³/mol. The number of hydrogen-bond acceptors (Lipinski definition) is 1. The van der Waals surface area contributed by atoms with Crippen LogP contribution in [0, 0.1) is 16.3 Å². The molecular weight excluding hydrogens is 258 g/mol. The van der Waals surface area contributed by atoms with Gasteiger partial charge in [0.15, 0.2) is 0 Å². The Bertz CT molecular complexity index is 273. The predicted octanol–water partition coefficient (Wildman–Crippen LogP) is 2.75. The van der Waals surface area contributed by atoms with Crippen LogP contribution in [0.1, 0.15) is 5.56 Å². The molecule has 0 unspecified atom stereocenters. The highest BCUT2D eigenvalue weighted by atomic mass is 127. The van der Waals surface area contributed by atoms with Crippen molar-refractivity contribution in [2.45, 2.75) is 6.92 Å². The van der Waals surface area contributed by atoms with Crippen LogP contribution in [0.3, 0.4) is 0 Å². The molecule has 1 aromatic carbocycles. The molecule has 0 aromatic heterocycles. The molecule has 3 heteroatoms. The van der Waals surface area contributed by atoms with Crippen molar-refractivity contribution < 1.29 is 9.13 Å². The third-order valence-electron chi connectivity index (χ3n) is 1.48. The van der Waals surface area contributed by atoms with Crippen LogP contribution in [0.25, 0.3) is 0 Å². The molecule has 1 aromatic rings. The summed E-state index contributed by atoms with van der Waals surface area (Å²) < 4.78 is 18.8. The molecule has 0 saturated heterocycles. The molecule has 0 saturated carbocycles. The summed E-state index contributed by atoms with van der Waals surface area (Å²) >= 11 is 2.05. The summed E-state index contributed by atoms with van der Waals surface area (Å²) in [5, 5.41) is 0. The van der Waals surface area contributed by atoms with Crippen LogP contribution in [-0.4, -0.2) is 7.11 Å². The molecule has 0 aliphatic heterocycles. The van der Waals surface area contributed by atoms with Gasteiger partial charge in [-0.25, -0.2) is 4.39 Å². The van der Waals surface area contributed by atoms with Crippen LogP contribution < -0.4 is 4.74 Å². The minimum absolute atomic E-state index is 0.214. The maximum atomic E-state index is 12.9. The van der Waals surface area contributed by atoms with E-state index in [1.165, 1.54) is 13.2 Å². The van der Waals surface area contributed by atoms with Gasteiger partial charge < -0.3 is 4.74 Å². The first kappa shape index (κ1) is 8.77. The maximum Gasteiger partial charge on any atom is 0.130 e. The van der Waals surface area contributed by atoms with Crippen molar-refractivity contribution in [3.63, 3.8) is 0 Å². The van der Waals surface area contributed by atoms with E-state index in [1.807, 2.05) is 0 Å². The van der Waals surface area contributed by atoms with Crippen molar-refractivity contribution in [2.24, 2.45) is 0 Å². The molecular formula is C8H8FIO. The van der Waals surface area contributed by atoms with Gasteiger partial charge in [-0.15, -0.1) is 0 Å². The standard InChI is InChI=1S/C8H8FIO/c1-5-7(9)3-6(10)4-8(5)11-2/h3-4H,1-2H3. The molecule has 0 fully saturated rings. The van der Waals surface area contributed by atoms with E-state index >= 15 is 0 Å². The highest BCUT2D eigenvalue weighted by Gasteiger charge is 2.04. The minimum atomic E-state index is -0.214. The van der Waals surface area contributed by atoms with Gasteiger partial charge in [0.1, 0.15) is 11.6 Å². The first-order valence-corrected chi connectivity index (χ1v) is 4.22. The molecule has 11 heavy (non-hydrogen) atoms. The smallest absolute Gasteiger partial charge is 0.130 e. The van der Waals surface area contributed by atoms with Crippen LogP contribution in [0.15, 0.2) is 12.1 Å². The second-order valence-corrected chi connectivity index (χ2v) is 3.46. The normalized spacial score (nSPS) is 9.82. The van der Waals surface area contributed by atoms with Gasteiger partial charge in [0.2, 0.25) is 0 Å². The molecule has 0 bridgehead atoms. The zero-order chi connectivity index (χ0) is 8.43. The SMILES string of the molecule is COc1cc(I)cc(F)c1C. The van der Waals surface area contributed by atoms with Gasteiger partial charge in [-0.1, -0.05) is 0 Å². The lowest BCUT2D eigenvalue weighted by atomic mass is 10.2. The first-order chi connectivity index (χ1) is 5.15. The Balaban J connectivity index is 3.24. The van der Waals surface area contributed by atoms with Gasteiger partial charge in [-0.05, 0) is 41.6 Å². The molecule has 60 valence electrons. The van der Waals surface area contributed by atoms with Gasteiger partial charge in [0.25, 0.3) is 0 Å². The molecule has 0 amide bonds. The van der Waals surface area contributed by atoms with Crippen molar-refractivity contribution in [2.75, 3.05) is 7.11 Å². The Morgan fingerprint density at radius 1 is 1.45 bits per heavy atom. The molecule has 1 rings (SSSR count). The lowest BCUT2D eigenvalue weighted by molar-refractivity contribution is 0.407. The van der Waals surface area contributed by atoms with Crippen molar-refractivity contribution in [1.82, 2.24) is 0 Å².